The Balaban J connectivity index is 1.80. The van der Waals surface area contributed by atoms with Crippen LogP contribution in [0.1, 0.15) is 62.5 Å². The van der Waals surface area contributed by atoms with Gasteiger partial charge in [-0.1, -0.05) is 44.0 Å². The summed E-state index contributed by atoms with van der Waals surface area (Å²) in [5, 5.41) is 0. The van der Waals surface area contributed by atoms with Gasteiger partial charge in [0.25, 0.3) is 0 Å². The van der Waals surface area contributed by atoms with Gasteiger partial charge in [0.05, 0.1) is 12.3 Å². The van der Waals surface area contributed by atoms with Gasteiger partial charge in [-0.25, -0.2) is 0 Å². The minimum atomic E-state index is -4.32. The van der Waals surface area contributed by atoms with Crippen LogP contribution >= 0.6 is 0 Å². The molecule has 0 N–H and O–H groups in total. The summed E-state index contributed by atoms with van der Waals surface area (Å²) in [4.78, 5) is 0. The smallest absolute Gasteiger partial charge is 0.412 e. The number of halogens is 3. The van der Waals surface area contributed by atoms with Crippen molar-refractivity contribution in [1.82, 2.24) is 0 Å². The summed E-state index contributed by atoms with van der Waals surface area (Å²) in [5.41, 5.74) is 2.23. The van der Waals surface area contributed by atoms with Crippen LogP contribution in [0.15, 0.2) is 36.6 Å². The van der Waals surface area contributed by atoms with Crippen LogP contribution in [0.3, 0.4) is 0 Å². The molecule has 2 rings (SSSR count). The average Bonchev–Trinajstić information content (AvgIpc) is 2.52. The van der Waals surface area contributed by atoms with Crippen LogP contribution in [0.4, 0.5) is 13.2 Å². The summed E-state index contributed by atoms with van der Waals surface area (Å²) in [6, 6.07) is 8.09. The van der Waals surface area contributed by atoms with E-state index < -0.39 is 6.18 Å². The van der Waals surface area contributed by atoms with E-state index in [0.717, 1.165) is 11.5 Å². The van der Waals surface area contributed by atoms with E-state index in [1.807, 2.05) is 12.1 Å². The second-order valence-corrected chi connectivity index (χ2v) is 6.40. The lowest BCUT2D eigenvalue weighted by molar-refractivity contribution is -0.0817. The van der Waals surface area contributed by atoms with Crippen molar-refractivity contribution < 1.29 is 17.9 Å². The number of hydrogen-bond donors (Lipinski definition) is 0. The molecule has 0 amide bonds. The molecule has 0 bridgehead atoms. The molecule has 0 aliphatic heterocycles. The third kappa shape index (κ3) is 6.28. The van der Waals surface area contributed by atoms with Crippen molar-refractivity contribution in [3.05, 3.63) is 47.7 Å². The Morgan fingerprint density at radius 2 is 1.74 bits per heavy atom. The molecule has 0 radical (unpaired) electrons. The third-order valence-corrected chi connectivity index (χ3v) is 4.60. The molecule has 0 atom stereocenters. The molecule has 1 aliphatic carbocycles. The van der Waals surface area contributed by atoms with Gasteiger partial charge in [-0.05, 0) is 48.6 Å². The van der Waals surface area contributed by atoms with Crippen LogP contribution in [0.2, 0.25) is 0 Å². The number of hydrogen-bond acceptors (Lipinski definition) is 1. The van der Waals surface area contributed by atoms with Crippen LogP contribution in [0.5, 0.6) is 0 Å². The number of ether oxygens (including phenoxy) is 1. The Morgan fingerprint density at radius 1 is 1.09 bits per heavy atom. The summed E-state index contributed by atoms with van der Waals surface area (Å²) in [7, 11) is 0. The molecular weight excluding hydrogens is 301 g/mol. The lowest BCUT2D eigenvalue weighted by Crippen LogP contribution is -2.13. The van der Waals surface area contributed by atoms with Crippen LogP contribution in [0.25, 0.3) is 0 Å². The summed E-state index contributed by atoms with van der Waals surface area (Å²) in [5.74, 6) is 1.52. The fourth-order valence-corrected chi connectivity index (χ4v) is 3.35. The van der Waals surface area contributed by atoms with Crippen LogP contribution in [-0.4, -0.2) is 6.18 Å². The molecule has 0 aromatic heterocycles. The van der Waals surface area contributed by atoms with Crippen molar-refractivity contribution >= 4 is 0 Å². The van der Waals surface area contributed by atoms with E-state index >= 15 is 0 Å². The highest BCUT2D eigenvalue weighted by atomic mass is 19.4. The molecule has 1 saturated carbocycles. The molecule has 4 heteroatoms. The van der Waals surface area contributed by atoms with Gasteiger partial charge in [0.1, 0.15) is 6.61 Å². The quantitative estimate of drug-likeness (QED) is 0.553. The Bertz CT molecular complexity index is 482. The Labute approximate surface area is 136 Å². The first kappa shape index (κ1) is 17.9. The molecule has 0 unspecified atom stereocenters. The van der Waals surface area contributed by atoms with Gasteiger partial charge in [0, 0.05) is 0 Å². The molecule has 0 spiro atoms. The predicted molar refractivity (Wildman–Crippen MR) is 86.0 cm³/mol. The largest absolute Gasteiger partial charge is 0.497 e. The van der Waals surface area contributed by atoms with Crippen LogP contribution < -0.4 is 0 Å². The highest BCUT2D eigenvalue weighted by Crippen LogP contribution is 2.37. The van der Waals surface area contributed by atoms with Crippen molar-refractivity contribution in [2.75, 3.05) is 0 Å². The van der Waals surface area contributed by atoms with E-state index in [1.54, 1.807) is 0 Å². The van der Waals surface area contributed by atoms with Crippen LogP contribution in [-0.2, 0) is 11.3 Å². The number of benzene rings is 1. The molecule has 0 saturated heterocycles. The second-order valence-electron chi connectivity index (χ2n) is 6.40. The zero-order valence-electron chi connectivity index (χ0n) is 13.6. The SMILES string of the molecule is CCCC1CCC(c2ccc(COC=CC(F)(F)F)cc2)CC1. The van der Waals surface area contributed by atoms with E-state index in [0.29, 0.717) is 12.2 Å². The molecule has 1 aliphatic rings. The zero-order chi connectivity index (χ0) is 16.7. The Kier molecular flexibility index (Phi) is 6.55. The molecule has 23 heavy (non-hydrogen) atoms. The monoisotopic (exact) mass is 326 g/mol. The van der Waals surface area contributed by atoms with Gasteiger partial charge in [0.2, 0.25) is 0 Å². The summed E-state index contributed by atoms with van der Waals surface area (Å²) in [6.07, 6.45) is 4.22. The fraction of sp³-hybridized carbons (Fsp3) is 0.579. The van der Waals surface area contributed by atoms with Gasteiger partial charge in [-0.15, -0.1) is 0 Å². The Hall–Kier alpha value is -1.45. The highest BCUT2D eigenvalue weighted by Gasteiger charge is 2.22. The Morgan fingerprint density at radius 3 is 2.30 bits per heavy atom. The minimum absolute atomic E-state index is 0.107. The second kappa shape index (κ2) is 8.42. The molecule has 1 aromatic carbocycles. The topological polar surface area (TPSA) is 9.23 Å². The van der Waals surface area contributed by atoms with E-state index in [1.165, 1.54) is 44.1 Å². The van der Waals surface area contributed by atoms with Crippen molar-refractivity contribution in [3.8, 4) is 0 Å². The van der Waals surface area contributed by atoms with Crippen molar-refractivity contribution in [2.45, 2.75) is 64.1 Å². The van der Waals surface area contributed by atoms with E-state index in [-0.39, 0.29) is 12.7 Å². The fourth-order valence-electron chi connectivity index (χ4n) is 3.35. The standard InChI is InChI=1S/C19H25F3O/c1-2-3-15-4-8-17(9-5-15)18-10-6-16(7-11-18)14-23-13-12-19(20,21)22/h6-7,10-13,15,17H,2-5,8-9,14H2,1H3. The van der Waals surface area contributed by atoms with Gasteiger partial charge in [0.15, 0.2) is 0 Å². The lowest BCUT2D eigenvalue weighted by Gasteiger charge is -2.28. The van der Waals surface area contributed by atoms with Crippen LogP contribution in [0, 0.1) is 5.92 Å². The highest BCUT2D eigenvalue weighted by molar-refractivity contribution is 5.25. The molecule has 128 valence electrons. The number of alkyl halides is 3. The molecule has 1 aromatic rings. The van der Waals surface area contributed by atoms with Gasteiger partial charge in [-0.3, -0.25) is 0 Å². The maximum absolute atomic E-state index is 11.9. The van der Waals surface area contributed by atoms with E-state index in [4.69, 9.17) is 4.74 Å². The van der Waals surface area contributed by atoms with Crippen molar-refractivity contribution in [3.63, 3.8) is 0 Å². The summed E-state index contributed by atoms with van der Waals surface area (Å²) in [6.45, 7) is 2.41. The predicted octanol–water partition coefficient (Wildman–Crippen LogP) is 6.35. The zero-order valence-corrected chi connectivity index (χ0v) is 13.6. The van der Waals surface area contributed by atoms with Crippen molar-refractivity contribution in [1.29, 1.82) is 0 Å². The maximum atomic E-state index is 11.9. The molecule has 0 heterocycles. The normalized spacial score (nSPS) is 22.4. The first-order valence-corrected chi connectivity index (χ1v) is 8.43. The number of allylic oxidation sites excluding steroid dienone is 1. The molecule has 1 fully saturated rings. The lowest BCUT2D eigenvalue weighted by atomic mass is 9.77. The van der Waals surface area contributed by atoms with Crippen molar-refractivity contribution in [2.24, 2.45) is 5.92 Å². The third-order valence-electron chi connectivity index (χ3n) is 4.60. The first-order valence-electron chi connectivity index (χ1n) is 8.43. The maximum Gasteiger partial charge on any atom is 0.412 e. The minimum Gasteiger partial charge on any atom is -0.497 e. The molecular formula is C19H25F3O. The summed E-state index contributed by atoms with van der Waals surface area (Å²) >= 11 is 0. The molecule has 1 nitrogen and oxygen atoms in total. The summed E-state index contributed by atoms with van der Waals surface area (Å²) < 4.78 is 40.8. The average molecular weight is 326 g/mol. The van der Waals surface area contributed by atoms with Gasteiger partial charge in [-0.2, -0.15) is 13.2 Å². The number of rotatable bonds is 6. The van der Waals surface area contributed by atoms with E-state index in [9.17, 15) is 13.2 Å². The van der Waals surface area contributed by atoms with Gasteiger partial charge >= 0.3 is 6.18 Å². The first-order chi connectivity index (χ1) is 11.0. The van der Waals surface area contributed by atoms with E-state index in [2.05, 4.69) is 19.1 Å². The van der Waals surface area contributed by atoms with Gasteiger partial charge < -0.3 is 4.74 Å².